The molecule has 17 heteroatoms. The summed E-state index contributed by atoms with van der Waals surface area (Å²) in [6, 6.07) is 27.7. The Bertz CT molecular complexity index is 3060. The molecule has 0 aliphatic carbocycles. The molecule has 0 saturated carbocycles. The van der Waals surface area contributed by atoms with Crippen LogP contribution in [-0.2, 0) is 51.7 Å². The van der Waals surface area contributed by atoms with Gasteiger partial charge in [0, 0.05) is 92.9 Å². The molecule has 4 aliphatic heterocycles. The van der Waals surface area contributed by atoms with Crippen molar-refractivity contribution in [3.05, 3.63) is 136 Å². The van der Waals surface area contributed by atoms with Crippen LogP contribution in [0.1, 0.15) is 97.4 Å². The van der Waals surface area contributed by atoms with Crippen molar-refractivity contribution in [2.75, 3.05) is 44.2 Å². The molecule has 4 aliphatic rings. The lowest BCUT2D eigenvalue weighted by Gasteiger charge is -2.23. The van der Waals surface area contributed by atoms with Gasteiger partial charge >= 0.3 is 0 Å². The Kier molecular flexibility index (Phi) is 14.9. The molecule has 73 heavy (non-hydrogen) atoms. The summed E-state index contributed by atoms with van der Waals surface area (Å²) in [5, 5.41) is 7.59. The average Bonchev–Trinajstić information content (AvgIpc) is 3.90. The number of para-hydroxylation sites is 2. The summed E-state index contributed by atoms with van der Waals surface area (Å²) in [5.41, 5.74) is 7.65. The van der Waals surface area contributed by atoms with E-state index in [2.05, 4.69) is 22.0 Å². The third kappa shape index (κ3) is 11.0. The van der Waals surface area contributed by atoms with Crippen molar-refractivity contribution < 1.29 is 52.5 Å². The van der Waals surface area contributed by atoms with E-state index in [1.54, 1.807) is 41.4 Å². The molecule has 17 nitrogen and oxygen atoms in total. The van der Waals surface area contributed by atoms with E-state index in [0.717, 1.165) is 40.9 Å². The van der Waals surface area contributed by atoms with Gasteiger partial charge in [-0.05, 0) is 95.6 Å². The molecule has 0 aromatic heterocycles. The molecule has 0 spiro atoms. The number of methoxy groups -OCH3 is 2. The van der Waals surface area contributed by atoms with Gasteiger partial charge in [0.15, 0.2) is 34.6 Å². The molecule has 376 valence electrons. The fraction of sp³-hybridized carbons (Fsp3) is 0.321. The minimum Gasteiger partial charge on any atom is -0.493 e. The first-order valence-electron chi connectivity index (χ1n) is 24.4. The first-order chi connectivity index (χ1) is 35.4. The Hall–Kier alpha value is -8.34. The van der Waals surface area contributed by atoms with Gasteiger partial charge in [0.2, 0.25) is 17.7 Å². The maximum atomic E-state index is 14.1. The maximum Gasteiger partial charge on any atom is 0.261 e. The van der Waals surface area contributed by atoms with Gasteiger partial charge in [0.1, 0.15) is 13.2 Å². The Morgan fingerprint density at radius 2 is 1.25 bits per heavy atom. The van der Waals surface area contributed by atoms with Crippen LogP contribution in [-0.4, -0.2) is 93.8 Å². The summed E-state index contributed by atoms with van der Waals surface area (Å²) in [6.07, 6.45) is 4.16. The molecule has 5 amide bonds. The van der Waals surface area contributed by atoms with Crippen LogP contribution >= 0.6 is 0 Å². The van der Waals surface area contributed by atoms with E-state index in [1.165, 1.54) is 21.3 Å². The summed E-state index contributed by atoms with van der Waals surface area (Å²) in [6.45, 7) is -0.211. The minimum absolute atomic E-state index is 0.00613. The topological polar surface area (TPSA) is 211 Å². The van der Waals surface area contributed by atoms with Gasteiger partial charge in [0.25, 0.3) is 11.8 Å². The van der Waals surface area contributed by atoms with Crippen molar-refractivity contribution in [1.82, 2.24) is 16.0 Å². The van der Waals surface area contributed by atoms with Gasteiger partial charge in [-0.3, -0.25) is 43.5 Å². The molecule has 5 aromatic carbocycles. The van der Waals surface area contributed by atoms with E-state index >= 15 is 0 Å². The normalized spacial score (nSPS) is 15.8. The van der Waals surface area contributed by atoms with Crippen LogP contribution in [0.4, 0.5) is 17.1 Å². The Morgan fingerprint density at radius 1 is 0.630 bits per heavy atom. The number of nitrogens with one attached hydrogen (secondary N) is 3. The molecule has 0 fully saturated rings. The number of carbonyl (C=O) groups is 7. The third-order valence-electron chi connectivity index (χ3n) is 13.6. The highest BCUT2D eigenvalue weighted by atomic mass is 16.5. The number of amides is 5. The fourth-order valence-corrected chi connectivity index (χ4v) is 9.83. The number of rotatable bonds is 20. The number of aryl methyl sites for hydroxylation is 1. The van der Waals surface area contributed by atoms with Crippen molar-refractivity contribution >= 4 is 64.4 Å². The number of anilines is 2. The molecule has 2 atom stereocenters. The zero-order chi connectivity index (χ0) is 51.2. The molecule has 3 N–H and O–H groups in total. The quantitative estimate of drug-likeness (QED) is 0.0732. The fourth-order valence-electron chi connectivity index (χ4n) is 9.83. The minimum atomic E-state index is -0.515. The maximum absolute atomic E-state index is 14.1. The second kappa shape index (κ2) is 22.0. The molecule has 5 aromatic rings. The summed E-state index contributed by atoms with van der Waals surface area (Å²) in [5.74, 6) is -0.691. The van der Waals surface area contributed by atoms with E-state index in [4.69, 9.17) is 23.9 Å². The molecule has 0 unspecified atom stereocenters. The van der Waals surface area contributed by atoms with Crippen LogP contribution in [0.15, 0.2) is 96.0 Å². The van der Waals surface area contributed by atoms with Crippen LogP contribution in [0.3, 0.4) is 0 Å². The lowest BCUT2D eigenvalue weighted by Crippen LogP contribution is -2.37. The highest BCUT2D eigenvalue weighted by Crippen LogP contribution is 2.43. The number of fused-ring (bicyclic) bond motifs is 8. The van der Waals surface area contributed by atoms with Crippen LogP contribution in [0.2, 0.25) is 0 Å². The molecule has 9 rings (SSSR count). The predicted octanol–water partition coefficient (Wildman–Crippen LogP) is 6.35. The van der Waals surface area contributed by atoms with Crippen molar-refractivity contribution in [3.8, 4) is 23.0 Å². The molecule has 0 bridgehead atoms. The molecule has 4 heterocycles. The monoisotopic (exact) mass is 988 g/mol. The summed E-state index contributed by atoms with van der Waals surface area (Å²) in [7, 11) is 4.50. The smallest absolute Gasteiger partial charge is 0.261 e. The number of Topliss-reactive ketones (excluding diaryl/α,β-unsaturated/α-hetero) is 2. The van der Waals surface area contributed by atoms with Crippen molar-refractivity contribution in [3.63, 3.8) is 0 Å². The van der Waals surface area contributed by atoms with E-state index in [1.807, 2.05) is 59.5 Å². The predicted molar refractivity (Wildman–Crippen MR) is 272 cm³/mol. The van der Waals surface area contributed by atoms with E-state index in [-0.39, 0.29) is 111 Å². The van der Waals surface area contributed by atoms with Crippen LogP contribution in [0, 0.1) is 0 Å². The van der Waals surface area contributed by atoms with E-state index in [0.29, 0.717) is 63.8 Å². The lowest BCUT2D eigenvalue weighted by atomic mass is 9.99. The summed E-state index contributed by atoms with van der Waals surface area (Å²) >= 11 is 0. The number of hydrogen-bond acceptors (Lipinski definition) is 12. The van der Waals surface area contributed by atoms with Crippen LogP contribution in [0.5, 0.6) is 23.0 Å². The van der Waals surface area contributed by atoms with E-state index in [9.17, 15) is 33.6 Å². The Labute approximate surface area is 422 Å². The number of carbonyl (C=O) groups excluding carboxylic acids is 7. The number of ether oxygens (including phenoxy) is 4. The number of nitrogens with zero attached hydrogens (tertiary/aromatic N) is 3. The summed E-state index contributed by atoms with van der Waals surface area (Å²) in [4.78, 5) is 99.3. The van der Waals surface area contributed by atoms with Crippen molar-refractivity contribution in [1.29, 1.82) is 0 Å². The third-order valence-corrected chi connectivity index (χ3v) is 13.6. The van der Waals surface area contributed by atoms with E-state index < -0.39 is 5.91 Å². The standard InChI is InChI=1S/C56H56N6O11/c1-57-52(65)18-19-58-53(66)16-14-41(63)30-60-54(67)17-15-47(64)38-21-33(31-72-50-25-35-12-13-39-23-36-8-4-6-10-45(36)61(39)55(68)42(35)26-48(50)70-2)20-34(22-38)32-73-51-28-44-43(27-49(51)71-3)56(69)62-40(29-59-44)24-37-9-5-7-11-46(37)62/h4-11,20-22,25-29,39-40H,12-19,23-24,30-32H2,1-3H3,(H,57,65)(H,58,66)(H,60,67)/t39-,40+/m1/s1. The number of ketones is 2. The van der Waals surface area contributed by atoms with Gasteiger partial charge < -0.3 is 39.8 Å². The van der Waals surface area contributed by atoms with Gasteiger partial charge in [-0.25, -0.2) is 0 Å². The zero-order valence-corrected chi connectivity index (χ0v) is 40.9. The van der Waals surface area contributed by atoms with Crippen molar-refractivity contribution in [2.45, 2.75) is 83.1 Å². The first kappa shape index (κ1) is 49.6. The van der Waals surface area contributed by atoms with Crippen LogP contribution < -0.4 is 44.7 Å². The second-order valence-corrected chi connectivity index (χ2v) is 18.4. The summed E-state index contributed by atoms with van der Waals surface area (Å²) < 4.78 is 24.4. The van der Waals surface area contributed by atoms with Gasteiger partial charge in [-0.2, -0.15) is 0 Å². The zero-order valence-electron chi connectivity index (χ0n) is 40.9. The second-order valence-electron chi connectivity index (χ2n) is 18.4. The lowest BCUT2D eigenvalue weighted by molar-refractivity contribution is -0.127. The number of benzene rings is 5. The number of aliphatic imine (C=N–C) groups is 1. The van der Waals surface area contributed by atoms with Gasteiger partial charge in [-0.15, -0.1) is 0 Å². The molecular formula is C56H56N6O11. The van der Waals surface area contributed by atoms with Gasteiger partial charge in [-0.1, -0.05) is 36.4 Å². The highest BCUT2D eigenvalue weighted by molar-refractivity contribution is 6.15. The first-order valence-corrected chi connectivity index (χ1v) is 24.4. The largest absolute Gasteiger partial charge is 0.493 e. The molecular weight excluding hydrogens is 933 g/mol. The highest BCUT2D eigenvalue weighted by Gasteiger charge is 2.39. The average molecular weight is 989 g/mol. The Morgan fingerprint density at radius 3 is 1.95 bits per heavy atom. The SMILES string of the molecule is CNC(=O)CCNC(=O)CCC(=O)CNC(=O)CCC(=O)c1cc(COc2cc3c(cc2OC)C(=O)N2c4ccccc4C[C@H]2CC3)cc(COc2cc3c(cc2OC)C(=O)N2c4ccccc4C[C@H]2C=N3)c1. The van der Waals surface area contributed by atoms with Crippen LogP contribution in [0.25, 0.3) is 0 Å². The molecule has 0 saturated heterocycles. The molecule has 0 radical (unpaired) electrons. The van der Waals surface area contributed by atoms with Gasteiger partial charge in [0.05, 0.1) is 38.1 Å². The van der Waals surface area contributed by atoms with Crippen molar-refractivity contribution in [2.24, 2.45) is 4.99 Å². The number of hydrogen-bond donors (Lipinski definition) is 3. The Balaban J connectivity index is 0.908.